The van der Waals surface area contributed by atoms with E-state index in [0.29, 0.717) is 25.1 Å². The molecule has 3 rings (SSSR count). The Kier molecular flexibility index (Phi) is 4.36. The van der Waals surface area contributed by atoms with Crippen LogP contribution < -0.4 is 5.69 Å². The molecule has 10 heteroatoms. The molecule has 0 bridgehead atoms. The van der Waals surface area contributed by atoms with Crippen molar-refractivity contribution in [3.63, 3.8) is 0 Å². The van der Waals surface area contributed by atoms with Crippen LogP contribution in [0.15, 0.2) is 23.1 Å². The number of methoxy groups -OCH3 is 1. The molecule has 0 saturated carbocycles. The van der Waals surface area contributed by atoms with E-state index in [0.717, 1.165) is 16.9 Å². The Morgan fingerprint density at radius 2 is 2.20 bits per heavy atom. The molecule has 2 aromatic rings. The minimum atomic E-state index is -4.57. The highest BCUT2D eigenvalue weighted by atomic mass is 19.4. The number of halogens is 3. The first-order chi connectivity index (χ1) is 11.8. The molecule has 25 heavy (non-hydrogen) atoms. The summed E-state index contributed by atoms with van der Waals surface area (Å²) in [5.41, 5.74) is -1.33. The van der Waals surface area contributed by atoms with E-state index in [4.69, 9.17) is 4.74 Å². The normalized spacial score (nSPS) is 17.2. The van der Waals surface area contributed by atoms with Crippen molar-refractivity contribution in [1.82, 2.24) is 19.3 Å². The monoisotopic (exact) mass is 356 g/mol. The van der Waals surface area contributed by atoms with Crippen molar-refractivity contribution in [1.29, 1.82) is 0 Å². The molecule has 0 saturated heterocycles. The first-order valence-electron chi connectivity index (χ1n) is 7.59. The van der Waals surface area contributed by atoms with Gasteiger partial charge in [-0.2, -0.15) is 18.3 Å². The van der Waals surface area contributed by atoms with Gasteiger partial charge in [0, 0.05) is 12.6 Å². The van der Waals surface area contributed by atoms with Gasteiger partial charge < -0.3 is 4.74 Å². The molecule has 0 unspecified atom stereocenters. The fourth-order valence-corrected chi connectivity index (χ4v) is 2.89. The lowest BCUT2D eigenvalue weighted by atomic mass is 10.1. The molecule has 3 heterocycles. The van der Waals surface area contributed by atoms with E-state index in [1.54, 1.807) is 0 Å². The van der Waals surface area contributed by atoms with E-state index in [1.165, 1.54) is 17.7 Å². The van der Waals surface area contributed by atoms with Gasteiger partial charge in [0.15, 0.2) is 0 Å². The lowest BCUT2D eigenvalue weighted by Crippen LogP contribution is -2.35. The molecule has 0 fully saturated rings. The minimum Gasteiger partial charge on any atom is -0.467 e. The second-order valence-electron chi connectivity index (χ2n) is 5.70. The standard InChI is InChI=1S/C15H15F3N4O3/c1-25-13(23)10-3-2-4-12-20-21(14(24)22(10)12)8-9-5-6-19-11(7-9)15(16,17)18/h5-7,10H,2-4,8H2,1H3/t10-/m0/s1. The molecule has 0 aliphatic carbocycles. The van der Waals surface area contributed by atoms with E-state index in [9.17, 15) is 22.8 Å². The van der Waals surface area contributed by atoms with Gasteiger partial charge >= 0.3 is 17.8 Å². The third-order valence-corrected chi connectivity index (χ3v) is 4.05. The SMILES string of the molecule is COC(=O)[C@@H]1CCCc2nn(Cc3ccnc(C(F)(F)F)c3)c(=O)n21. The van der Waals surface area contributed by atoms with Crippen molar-refractivity contribution in [2.24, 2.45) is 0 Å². The van der Waals surface area contributed by atoms with Crippen LogP contribution in [0.25, 0.3) is 0 Å². The highest BCUT2D eigenvalue weighted by Gasteiger charge is 2.33. The van der Waals surface area contributed by atoms with Gasteiger partial charge in [0.1, 0.15) is 17.6 Å². The fraction of sp³-hybridized carbons (Fsp3) is 0.467. The number of alkyl halides is 3. The number of aryl methyl sites for hydroxylation is 1. The highest BCUT2D eigenvalue weighted by molar-refractivity contribution is 5.74. The Bertz CT molecular complexity index is 856. The van der Waals surface area contributed by atoms with Crippen LogP contribution in [0.1, 0.15) is 36.0 Å². The zero-order valence-corrected chi connectivity index (χ0v) is 13.3. The Balaban J connectivity index is 1.94. The van der Waals surface area contributed by atoms with Crippen molar-refractivity contribution >= 4 is 5.97 Å². The summed E-state index contributed by atoms with van der Waals surface area (Å²) >= 11 is 0. The second kappa shape index (κ2) is 6.34. The summed E-state index contributed by atoms with van der Waals surface area (Å²) in [5, 5.41) is 4.16. The average molecular weight is 356 g/mol. The number of esters is 1. The lowest BCUT2D eigenvalue weighted by Gasteiger charge is -2.20. The Labute approximate surface area is 140 Å². The van der Waals surface area contributed by atoms with Crippen molar-refractivity contribution in [2.75, 3.05) is 7.11 Å². The predicted molar refractivity (Wildman–Crippen MR) is 78.8 cm³/mol. The number of hydrogen-bond acceptors (Lipinski definition) is 5. The molecule has 2 aromatic heterocycles. The van der Waals surface area contributed by atoms with Crippen LogP contribution >= 0.6 is 0 Å². The molecule has 0 spiro atoms. The largest absolute Gasteiger partial charge is 0.467 e. The van der Waals surface area contributed by atoms with E-state index >= 15 is 0 Å². The molecule has 1 aliphatic rings. The van der Waals surface area contributed by atoms with Gasteiger partial charge in [0.25, 0.3) is 0 Å². The number of ether oxygens (including phenoxy) is 1. The molecule has 1 aliphatic heterocycles. The van der Waals surface area contributed by atoms with E-state index < -0.39 is 29.6 Å². The topological polar surface area (TPSA) is 79.0 Å². The molecule has 0 N–H and O–H groups in total. The summed E-state index contributed by atoms with van der Waals surface area (Å²) in [6, 6.07) is 1.51. The lowest BCUT2D eigenvalue weighted by molar-refractivity contribution is -0.145. The van der Waals surface area contributed by atoms with Crippen LogP contribution in [-0.2, 0) is 28.7 Å². The number of carbonyl (C=O) groups excluding carboxylic acids is 1. The van der Waals surface area contributed by atoms with Crippen LogP contribution in [0.3, 0.4) is 0 Å². The first kappa shape index (κ1) is 17.2. The molecule has 0 radical (unpaired) electrons. The van der Waals surface area contributed by atoms with E-state index in [-0.39, 0.29) is 12.1 Å². The zero-order chi connectivity index (χ0) is 18.2. The van der Waals surface area contributed by atoms with Gasteiger partial charge in [-0.15, -0.1) is 0 Å². The summed E-state index contributed by atoms with van der Waals surface area (Å²) in [4.78, 5) is 27.7. The van der Waals surface area contributed by atoms with Crippen LogP contribution in [0, 0.1) is 0 Å². The number of carbonyl (C=O) groups is 1. The molecule has 0 amide bonds. The smallest absolute Gasteiger partial charge is 0.433 e. The molecule has 134 valence electrons. The van der Waals surface area contributed by atoms with Crippen molar-refractivity contribution in [2.45, 2.75) is 38.0 Å². The van der Waals surface area contributed by atoms with E-state index in [2.05, 4.69) is 10.1 Å². The fourth-order valence-electron chi connectivity index (χ4n) is 2.89. The summed E-state index contributed by atoms with van der Waals surface area (Å²) in [6.45, 7) is -0.141. The van der Waals surface area contributed by atoms with Gasteiger partial charge in [-0.1, -0.05) is 0 Å². The molecular formula is C15H15F3N4O3. The molecular weight excluding hydrogens is 341 g/mol. The Morgan fingerprint density at radius 3 is 2.88 bits per heavy atom. The van der Waals surface area contributed by atoms with Crippen LogP contribution in [0.4, 0.5) is 13.2 Å². The van der Waals surface area contributed by atoms with Crippen LogP contribution in [0.5, 0.6) is 0 Å². The number of aromatic nitrogens is 4. The molecule has 1 atom stereocenters. The summed E-state index contributed by atoms with van der Waals surface area (Å²) in [5.74, 6) is -0.109. The zero-order valence-electron chi connectivity index (χ0n) is 13.3. The quantitative estimate of drug-likeness (QED) is 0.780. The van der Waals surface area contributed by atoms with Gasteiger partial charge in [0.2, 0.25) is 0 Å². The maximum atomic E-state index is 12.7. The number of rotatable bonds is 3. The van der Waals surface area contributed by atoms with Crippen LogP contribution in [0.2, 0.25) is 0 Å². The molecule has 7 nitrogen and oxygen atoms in total. The minimum absolute atomic E-state index is 0.141. The van der Waals surface area contributed by atoms with Crippen molar-refractivity contribution in [3.8, 4) is 0 Å². The predicted octanol–water partition coefficient (Wildman–Crippen LogP) is 1.56. The first-order valence-corrected chi connectivity index (χ1v) is 7.59. The third-order valence-electron chi connectivity index (χ3n) is 4.05. The summed E-state index contributed by atoms with van der Waals surface area (Å²) in [7, 11) is 1.24. The third kappa shape index (κ3) is 3.28. The summed E-state index contributed by atoms with van der Waals surface area (Å²) < 4.78 is 45.3. The molecule has 0 aromatic carbocycles. The van der Waals surface area contributed by atoms with Gasteiger partial charge in [-0.25, -0.2) is 14.3 Å². The number of pyridine rings is 1. The number of fused-ring (bicyclic) bond motifs is 1. The van der Waals surface area contributed by atoms with Gasteiger partial charge in [-0.05, 0) is 30.5 Å². The Hall–Kier alpha value is -2.65. The Morgan fingerprint density at radius 1 is 1.44 bits per heavy atom. The second-order valence-corrected chi connectivity index (χ2v) is 5.70. The number of hydrogen-bond donors (Lipinski definition) is 0. The van der Waals surface area contributed by atoms with Gasteiger partial charge in [-0.3, -0.25) is 9.55 Å². The average Bonchev–Trinajstić information content (AvgIpc) is 2.90. The van der Waals surface area contributed by atoms with E-state index in [1.807, 2.05) is 0 Å². The maximum Gasteiger partial charge on any atom is 0.433 e. The number of nitrogens with zero attached hydrogens (tertiary/aromatic N) is 4. The van der Waals surface area contributed by atoms with Crippen LogP contribution in [-0.4, -0.2) is 32.4 Å². The maximum absolute atomic E-state index is 12.7. The highest BCUT2D eigenvalue weighted by Crippen LogP contribution is 2.28. The van der Waals surface area contributed by atoms with Crippen molar-refractivity contribution in [3.05, 3.63) is 45.9 Å². The van der Waals surface area contributed by atoms with Gasteiger partial charge in [0.05, 0.1) is 13.7 Å². The van der Waals surface area contributed by atoms with Crippen molar-refractivity contribution < 1.29 is 22.7 Å². The summed E-state index contributed by atoms with van der Waals surface area (Å²) in [6.07, 6.45) is -1.89.